The van der Waals surface area contributed by atoms with Crippen molar-refractivity contribution in [1.29, 1.82) is 0 Å². The fourth-order valence-electron chi connectivity index (χ4n) is 1.98. The van der Waals surface area contributed by atoms with E-state index >= 15 is 0 Å². The number of methoxy groups -OCH3 is 1. The molecule has 1 amide bonds. The Balaban J connectivity index is 2.13. The SMILES string of the molecule is COc1cccc(Cl)c1CNC(=O)c1cc(N)cn1C. The van der Waals surface area contributed by atoms with Crippen LogP contribution in [0.2, 0.25) is 5.02 Å². The van der Waals surface area contributed by atoms with E-state index in [1.54, 1.807) is 49.2 Å². The molecule has 0 unspecified atom stereocenters. The van der Waals surface area contributed by atoms with Crippen molar-refractivity contribution in [2.45, 2.75) is 6.54 Å². The molecule has 106 valence electrons. The third-order valence-corrected chi connectivity index (χ3v) is 3.33. The highest BCUT2D eigenvalue weighted by atomic mass is 35.5. The first-order valence-electron chi connectivity index (χ1n) is 6.04. The fraction of sp³-hybridized carbons (Fsp3) is 0.214. The quantitative estimate of drug-likeness (QED) is 0.908. The van der Waals surface area contributed by atoms with Crippen LogP contribution in [0.25, 0.3) is 0 Å². The van der Waals surface area contributed by atoms with Crippen molar-refractivity contribution in [1.82, 2.24) is 9.88 Å². The van der Waals surface area contributed by atoms with Crippen molar-refractivity contribution < 1.29 is 9.53 Å². The van der Waals surface area contributed by atoms with Crippen molar-refractivity contribution in [2.75, 3.05) is 12.8 Å². The first-order valence-corrected chi connectivity index (χ1v) is 6.42. The van der Waals surface area contributed by atoms with E-state index < -0.39 is 0 Å². The van der Waals surface area contributed by atoms with E-state index in [1.807, 2.05) is 0 Å². The number of ether oxygens (including phenoxy) is 1. The smallest absolute Gasteiger partial charge is 0.268 e. The van der Waals surface area contributed by atoms with Crippen molar-refractivity contribution in [2.24, 2.45) is 7.05 Å². The van der Waals surface area contributed by atoms with Gasteiger partial charge in [-0.15, -0.1) is 0 Å². The van der Waals surface area contributed by atoms with Gasteiger partial charge in [-0.05, 0) is 18.2 Å². The number of carbonyl (C=O) groups is 1. The maximum atomic E-state index is 12.1. The summed E-state index contributed by atoms with van der Waals surface area (Å²) in [6, 6.07) is 6.98. The molecule has 1 heterocycles. The number of benzene rings is 1. The molecule has 0 fully saturated rings. The topological polar surface area (TPSA) is 69.3 Å². The van der Waals surface area contributed by atoms with Gasteiger partial charge in [0.05, 0.1) is 12.8 Å². The van der Waals surface area contributed by atoms with Crippen LogP contribution in [-0.4, -0.2) is 17.6 Å². The second-order valence-corrected chi connectivity index (χ2v) is 4.78. The van der Waals surface area contributed by atoms with E-state index in [2.05, 4.69) is 5.32 Å². The summed E-state index contributed by atoms with van der Waals surface area (Å²) in [4.78, 5) is 12.1. The number of hydrogen-bond acceptors (Lipinski definition) is 3. The molecule has 0 aliphatic heterocycles. The number of nitrogens with two attached hydrogens (primary N) is 1. The van der Waals surface area contributed by atoms with Gasteiger partial charge in [-0.3, -0.25) is 4.79 Å². The molecular formula is C14H16ClN3O2. The predicted molar refractivity (Wildman–Crippen MR) is 79.0 cm³/mol. The molecule has 0 spiro atoms. The molecule has 3 N–H and O–H groups in total. The summed E-state index contributed by atoms with van der Waals surface area (Å²) in [6.45, 7) is 0.284. The normalized spacial score (nSPS) is 10.3. The van der Waals surface area contributed by atoms with E-state index in [0.29, 0.717) is 22.2 Å². The van der Waals surface area contributed by atoms with Gasteiger partial charge in [-0.1, -0.05) is 17.7 Å². The van der Waals surface area contributed by atoms with Gasteiger partial charge in [0.1, 0.15) is 11.4 Å². The van der Waals surface area contributed by atoms with E-state index in [1.165, 1.54) is 0 Å². The van der Waals surface area contributed by atoms with Crippen LogP contribution < -0.4 is 15.8 Å². The summed E-state index contributed by atoms with van der Waals surface area (Å²) < 4.78 is 6.91. The number of amides is 1. The minimum atomic E-state index is -0.217. The molecule has 1 aromatic carbocycles. The van der Waals surface area contributed by atoms with E-state index in [9.17, 15) is 4.79 Å². The number of anilines is 1. The molecule has 0 aliphatic carbocycles. The summed E-state index contributed by atoms with van der Waals surface area (Å²) in [5, 5.41) is 3.36. The fourth-order valence-corrected chi connectivity index (χ4v) is 2.21. The molecule has 0 radical (unpaired) electrons. The Kier molecular flexibility index (Phi) is 4.20. The molecule has 0 atom stereocenters. The third-order valence-electron chi connectivity index (χ3n) is 2.98. The molecule has 20 heavy (non-hydrogen) atoms. The van der Waals surface area contributed by atoms with Gasteiger partial charge in [-0.25, -0.2) is 0 Å². The Hall–Kier alpha value is -2.14. The van der Waals surface area contributed by atoms with Crippen LogP contribution in [0.15, 0.2) is 30.5 Å². The maximum absolute atomic E-state index is 12.1. The van der Waals surface area contributed by atoms with Crippen LogP contribution >= 0.6 is 11.6 Å². The number of nitrogens with zero attached hydrogens (tertiary/aromatic N) is 1. The largest absolute Gasteiger partial charge is 0.496 e. The standard InChI is InChI=1S/C14H16ClN3O2/c1-18-8-9(16)6-12(18)14(19)17-7-10-11(15)4-3-5-13(10)20-2/h3-6,8H,7,16H2,1-2H3,(H,17,19). The third kappa shape index (κ3) is 2.88. The lowest BCUT2D eigenvalue weighted by Crippen LogP contribution is -2.25. The molecule has 0 saturated heterocycles. The van der Waals surface area contributed by atoms with Crippen LogP contribution in [-0.2, 0) is 13.6 Å². The Labute approximate surface area is 122 Å². The van der Waals surface area contributed by atoms with Crippen molar-refractivity contribution in [3.05, 3.63) is 46.7 Å². The molecule has 0 saturated carbocycles. The Morgan fingerprint density at radius 3 is 2.85 bits per heavy atom. The number of aryl methyl sites for hydroxylation is 1. The van der Waals surface area contributed by atoms with Crippen molar-refractivity contribution >= 4 is 23.2 Å². The number of hydrogen-bond donors (Lipinski definition) is 2. The Bertz CT molecular complexity index is 637. The van der Waals surface area contributed by atoms with Crippen LogP contribution in [0.5, 0.6) is 5.75 Å². The lowest BCUT2D eigenvalue weighted by molar-refractivity contribution is 0.0942. The lowest BCUT2D eigenvalue weighted by atomic mass is 10.2. The second-order valence-electron chi connectivity index (χ2n) is 4.37. The zero-order chi connectivity index (χ0) is 14.7. The predicted octanol–water partition coefficient (Wildman–Crippen LogP) is 2.20. The summed E-state index contributed by atoms with van der Waals surface area (Å²) in [6.07, 6.45) is 1.69. The van der Waals surface area contributed by atoms with Crippen LogP contribution in [0, 0.1) is 0 Å². The van der Waals surface area contributed by atoms with Gasteiger partial charge in [0.2, 0.25) is 0 Å². The molecule has 5 nitrogen and oxygen atoms in total. The number of carbonyl (C=O) groups excluding carboxylic acids is 1. The first-order chi connectivity index (χ1) is 9.52. The van der Waals surface area contributed by atoms with Crippen molar-refractivity contribution in [3.63, 3.8) is 0 Å². The Morgan fingerprint density at radius 2 is 2.25 bits per heavy atom. The summed E-state index contributed by atoms with van der Waals surface area (Å²) in [5.41, 5.74) is 7.44. The Morgan fingerprint density at radius 1 is 1.50 bits per heavy atom. The molecule has 2 aromatic rings. The number of halogens is 1. The van der Waals surface area contributed by atoms with Gasteiger partial charge < -0.3 is 20.4 Å². The summed E-state index contributed by atoms with van der Waals surface area (Å²) in [7, 11) is 3.33. The minimum absolute atomic E-state index is 0.217. The van der Waals surface area contributed by atoms with Crippen LogP contribution in [0.4, 0.5) is 5.69 Å². The molecule has 0 bridgehead atoms. The average molecular weight is 294 g/mol. The lowest BCUT2D eigenvalue weighted by Gasteiger charge is -2.11. The zero-order valence-corrected chi connectivity index (χ0v) is 12.1. The summed E-state index contributed by atoms with van der Waals surface area (Å²) >= 11 is 6.12. The molecule has 0 aliphatic rings. The van der Waals surface area contributed by atoms with Gasteiger partial charge in [-0.2, -0.15) is 0 Å². The van der Waals surface area contributed by atoms with Gasteiger partial charge >= 0.3 is 0 Å². The highest BCUT2D eigenvalue weighted by Gasteiger charge is 2.13. The van der Waals surface area contributed by atoms with Gasteiger partial charge in [0, 0.05) is 30.4 Å². The monoisotopic (exact) mass is 293 g/mol. The summed E-state index contributed by atoms with van der Waals surface area (Å²) in [5.74, 6) is 0.426. The molecule has 6 heteroatoms. The van der Waals surface area contributed by atoms with Gasteiger partial charge in [0.15, 0.2) is 0 Å². The number of nitrogen functional groups attached to an aromatic ring is 1. The maximum Gasteiger partial charge on any atom is 0.268 e. The second kappa shape index (κ2) is 5.88. The van der Waals surface area contributed by atoms with E-state index in [-0.39, 0.29) is 12.5 Å². The van der Waals surface area contributed by atoms with Gasteiger partial charge in [0.25, 0.3) is 5.91 Å². The van der Waals surface area contributed by atoms with Crippen LogP contribution in [0.3, 0.4) is 0 Å². The number of aromatic nitrogens is 1. The first kappa shape index (κ1) is 14.3. The van der Waals surface area contributed by atoms with E-state index in [0.717, 1.165) is 5.56 Å². The zero-order valence-electron chi connectivity index (χ0n) is 11.3. The minimum Gasteiger partial charge on any atom is -0.496 e. The molecular weight excluding hydrogens is 278 g/mol. The number of nitrogens with one attached hydrogen (secondary N) is 1. The number of rotatable bonds is 4. The highest BCUT2D eigenvalue weighted by Crippen LogP contribution is 2.26. The van der Waals surface area contributed by atoms with Crippen molar-refractivity contribution in [3.8, 4) is 5.75 Å². The highest BCUT2D eigenvalue weighted by molar-refractivity contribution is 6.31. The van der Waals surface area contributed by atoms with Crippen LogP contribution in [0.1, 0.15) is 16.1 Å². The van der Waals surface area contributed by atoms with E-state index in [4.69, 9.17) is 22.1 Å². The average Bonchev–Trinajstić information content (AvgIpc) is 2.75. The molecule has 2 rings (SSSR count). The molecule has 1 aromatic heterocycles.